The van der Waals surface area contributed by atoms with E-state index >= 15 is 0 Å². The topological polar surface area (TPSA) is 69.7 Å². The van der Waals surface area contributed by atoms with Crippen LogP contribution in [0.3, 0.4) is 0 Å². The van der Waals surface area contributed by atoms with Gasteiger partial charge in [-0.3, -0.25) is 4.79 Å². The van der Waals surface area contributed by atoms with E-state index in [4.69, 9.17) is 9.47 Å². The Morgan fingerprint density at radius 1 is 0.833 bits per heavy atom. The molecule has 152 valence electrons. The average Bonchev–Trinajstić information content (AvgIpc) is 2.78. The first-order valence-corrected chi connectivity index (χ1v) is 11.6. The van der Waals surface area contributed by atoms with Crippen LogP contribution < -0.4 is 14.8 Å². The van der Waals surface area contributed by atoms with Gasteiger partial charge in [0.1, 0.15) is 11.5 Å². The number of carbonyl (C=O) groups excluding carboxylic acids is 2. The summed E-state index contributed by atoms with van der Waals surface area (Å²) in [6, 6.07) is 16.8. The quantitative estimate of drug-likeness (QED) is 0.276. The molecule has 0 amide bonds. The van der Waals surface area contributed by atoms with E-state index in [9.17, 15) is 14.2 Å². The Bertz CT molecular complexity index is 1120. The third-order valence-corrected chi connectivity index (χ3v) is 7.94. The van der Waals surface area contributed by atoms with Gasteiger partial charge in [0.25, 0.3) is 0 Å². The van der Waals surface area contributed by atoms with Gasteiger partial charge in [0.15, 0.2) is 11.3 Å². The summed E-state index contributed by atoms with van der Waals surface area (Å²) in [6.07, 6.45) is 0. The molecule has 1 unspecified atom stereocenters. The molecule has 0 aliphatic heterocycles. The number of benzene rings is 3. The fourth-order valence-electron chi connectivity index (χ4n) is 2.91. The molecule has 30 heavy (non-hydrogen) atoms. The monoisotopic (exact) mass is 549 g/mol. The van der Waals surface area contributed by atoms with Gasteiger partial charge in [-0.1, -0.05) is 41.0 Å². The third-order valence-electron chi connectivity index (χ3n) is 4.38. The van der Waals surface area contributed by atoms with E-state index in [1.54, 1.807) is 54.6 Å². The Hall–Kier alpha value is -2.34. The van der Waals surface area contributed by atoms with Gasteiger partial charge in [-0.2, -0.15) is 0 Å². The highest BCUT2D eigenvalue weighted by Crippen LogP contribution is 2.40. The van der Waals surface area contributed by atoms with Crippen molar-refractivity contribution in [1.82, 2.24) is 0 Å². The molecule has 1 atom stereocenters. The predicted octanol–water partition coefficient (Wildman–Crippen LogP) is 5.75. The van der Waals surface area contributed by atoms with E-state index < -0.39 is 13.3 Å². The van der Waals surface area contributed by atoms with E-state index in [0.29, 0.717) is 20.1 Å². The lowest BCUT2D eigenvalue weighted by Gasteiger charge is -2.09. The van der Waals surface area contributed by atoms with E-state index in [0.717, 1.165) is 0 Å². The van der Waals surface area contributed by atoms with Gasteiger partial charge in [-0.05, 0) is 56.1 Å². The predicted molar refractivity (Wildman–Crippen MR) is 123 cm³/mol. The maximum absolute atomic E-state index is 13.4. The molecule has 0 heterocycles. The van der Waals surface area contributed by atoms with Crippen molar-refractivity contribution in [2.24, 2.45) is 0 Å². The molecule has 0 N–H and O–H groups in total. The lowest BCUT2D eigenvalue weighted by Crippen LogP contribution is -2.14. The highest BCUT2D eigenvalue weighted by Gasteiger charge is 2.41. The van der Waals surface area contributed by atoms with E-state index in [1.165, 1.54) is 14.2 Å². The maximum atomic E-state index is 13.4. The van der Waals surface area contributed by atoms with Crippen molar-refractivity contribution >= 4 is 56.3 Å². The van der Waals surface area contributed by atoms with Crippen LogP contribution in [0.5, 0.6) is 11.5 Å². The molecule has 3 rings (SSSR count). The normalized spacial score (nSPS) is 11.0. The van der Waals surface area contributed by atoms with Gasteiger partial charge in [0.2, 0.25) is 5.30 Å². The van der Waals surface area contributed by atoms with Crippen molar-refractivity contribution in [3.8, 4) is 11.5 Å². The van der Waals surface area contributed by atoms with E-state index in [2.05, 4.69) is 31.9 Å². The number of ether oxygens (including phenoxy) is 2. The average molecular weight is 551 g/mol. The Balaban J connectivity index is 2.10. The lowest BCUT2D eigenvalue weighted by molar-refractivity contribution is 0.103. The zero-order valence-corrected chi connectivity index (χ0v) is 20.1. The van der Waals surface area contributed by atoms with Crippen LogP contribution in [0.2, 0.25) is 0 Å². The lowest BCUT2D eigenvalue weighted by atomic mass is 10.0. The molecule has 8 heteroatoms. The SMILES string of the molecule is COc1cccc(OC)c1C(=O)[P+](=O)c1c(Br)ccc(C(=O)c2ccccc2)c1Br. The molecule has 0 saturated carbocycles. The number of carbonyl (C=O) groups is 2. The summed E-state index contributed by atoms with van der Waals surface area (Å²) in [5, 5.41) is 0.199. The molecule has 0 saturated heterocycles. The Kier molecular flexibility index (Phi) is 7.19. The van der Waals surface area contributed by atoms with E-state index in [1.807, 2.05) is 6.07 Å². The van der Waals surface area contributed by atoms with Crippen LogP contribution in [0.1, 0.15) is 26.3 Å². The molecule has 0 radical (unpaired) electrons. The molecule has 3 aromatic carbocycles. The van der Waals surface area contributed by atoms with E-state index in [-0.39, 0.29) is 28.2 Å². The summed E-state index contributed by atoms with van der Waals surface area (Å²) in [5.41, 5.74) is 0.217. The summed E-state index contributed by atoms with van der Waals surface area (Å²) in [4.78, 5) is 26.1. The molecular formula is C22H16Br2O5P+. The first-order valence-electron chi connectivity index (χ1n) is 8.71. The Labute approximate surface area is 191 Å². The highest BCUT2D eigenvalue weighted by molar-refractivity contribution is 9.11. The number of rotatable bonds is 7. The smallest absolute Gasteiger partial charge is 0.461 e. The fourth-order valence-corrected chi connectivity index (χ4v) is 6.20. The van der Waals surface area contributed by atoms with Crippen LogP contribution in [-0.2, 0) is 4.57 Å². The molecule has 0 aliphatic rings. The highest BCUT2D eigenvalue weighted by atomic mass is 79.9. The largest absolute Gasteiger partial charge is 0.496 e. The summed E-state index contributed by atoms with van der Waals surface area (Å²) in [7, 11) is 0.237. The van der Waals surface area contributed by atoms with Crippen LogP contribution in [0.25, 0.3) is 0 Å². The number of ketones is 1. The second kappa shape index (κ2) is 9.65. The van der Waals surface area contributed by atoms with Crippen molar-refractivity contribution in [2.75, 3.05) is 14.2 Å². The zero-order valence-electron chi connectivity index (χ0n) is 16.0. The maximum Gasteiger partial charge on any atom is 0.461 e. The third kappa shape index (κ3) is 4.24. The van der Waals surface area contributed by atoms with Crippen molar-refractivity contribution < 1.29 is 23.6 Å². The number of hydrogen-bond acceptors (Lipinski definition) is 5. The minimum atomic E-state index is -2.60. The van der Waals surface area contributed by atoms with Crippen molar-refractivity contribution in [2.45, 2.75) is 0 Å². The second-order valence-corrected chi connectivity index (χ2v) is 9.18. The van der Waals surface area contributed by atoms with Gasteiger partial charge >= 0.3 is 13.3 Å². The number of halogens is 2. The molecule has 0 aromatic heterocycles. The molecule has 0 aliphatic carbocycles. The van der Waals surface area contributed by atoms with Gasteiger partial charge in [-0.15, -0.1) is 0 Å². The fraction of sp³-hybridized carbons (Fsp3) is 0.0909. The summed E-state index contributed by atoms with van der Waals surface area (Å²) in [6.45, 7) is 0. The Morgan fingerprint density at radius 2 is 1.43 bits per heavy atom. The minimum Gasteiger partial charge on any atom is -0.496 e. The van der Waals surface area contributed by atoms with Crippen LogP contribution in [0, 0.1) is 0 Å². The van der Waals surface area contributed by atoms with Crippen molar-refractivity contribution in [1.29, 1.82) is 0 Å². The first kappa shape index (κ1) is 22.3. The van der Waals surface area contributed by atoms with Gasteiger partial charge in [0, 0.05) is 11.1 Å². The van der Waals surface area contributed by atoms with Gasteiger partial charge < -0.3 is 9.47 Å². The molecule has 0 spiro atoms. The van der Waals surface area contributed by atoms with Crippen LogP contribution in [-0.4, -0.2) is 25.5 Å². The summed E-state index contributed by atoms with van der Waals surface area (Å²) < 4.78 is 24.6. The Morgan fingerprint density at radius 3 is 2.00 bits per heavy atom. The standard InChI is InChI=1S/C22H16Br2O5P/c1-28-16-9-6-10-17(29-2)18(16)22(26)30(27)21-15(23)12-11-14(19(21)24)20(25)13-7-4-3-5-8-13/h3-12H,1-2H3/q+1. The van der Waals surface area contributed by atoms with Crippen LogP contribution in [0.4, 0.5) is 0 Å². The molecule has 3 aromatic rings. The van der Waals surface area contributed by atoms with Gasteiger partial charge in [0.05, 0.1) is 23.2 Å². The molecule has 5 nitrogen and oxygen atoms in total. The molecular weight excluding hydrogens is 535 g/mol. The van der Waals surface area contributed by atoms with Crippen LogP contribution >= 0.6 is 39.7 Å². The second-order valence-electron chi connectivity index (χ2n) is 6.09. The zero-order chi connectivity index (χ0) is 21.8. The van der Waals surface area contributed by atoms with Crippen molar-refractivity contribution in [3.05, 3.63) is 86.3 Å². The number of methoxy groups -OCH3 is 2. The summed E-state index contributed by atoms with van der Waals surface area (Å²) in [5.74, 6) is 0.264. The number of hydrogen-bond donors (Lipinski definition) is 0. The first-order chi connectivity index (χ1) is 14.4. The molecule has 0 bridgehead atoms. The molecule has 0 fully saturated rings. The summed E-state index contributed by atoms with van der Waals surface area (Å²) >= 11 is 6.75. The van der Waals surface area contributed by atoms with Crippen molar-refractivity contribution in [3.63, 3.8) is 0 Å². The van der Waals surface area contributed by atoms with Crippen LogP contribution in [0.15, 0.2) is 69.6 Å². The van der Waals surface area contributed by atoms with Gasteiger partial charge in [-0.25, -0.2) is 4.79 Å². The minimum absolute atomic E-state index is 0.0854.